The minimum Gasteiger partial charge on any atom is -0.380 e. The summed E-state index contributed by atoms with van der Waals surface area (Å²) in [4.78, 5) is 0. The van der Waals surface area contributed by atoms with Crippen LogP contribution in [0, 0.1) is 5.41 Å². The molecule has 0 saturated heterocycles. The molecule has 1 fully saturated rings. The Hall–Kier alpha value is 0.210. The lowest BCUT2D eigenvalue weighted by Gasteiger charge is -2.49. The Morgan fingerprint density at radius 2 is 2.23 bits per heavy atom. The van der Waals surface area contributed by atoms with Crippen LogP contribution in [0.2, 0.25) is 0 Å². The Balaban J connectivity index is 2.10. The second kappa shape index (κ2) is 4.63. The molecule has 2 nitrogen and oxygen atoms in total. The third-order valence-electron chi connectivity index (χ3n) is 2.99. The highest BCUT2D eigenvalue weighted by atomic mass is 35.5. The van der Waals surface area contributed by atoms with Gasteiger partial charge in [-0.3, -0.25) is 0 Å². The standard InChI is InChI=1S/C10H20ClNO/c1-4-13-6-5-12-9-7-8(11)10(9,2)3/h8-9,12H,4-7H2,1-3H3. The highest BCUT2D eigenvalue weighted by Gasteiger charge is 2.46. The minimum atomic E-state index is 0.244. The lowest BCUT2D eigenvalue weighted by Crippen LogP contribution is -2.58. The van der Waals surface area contributed by atoms with Gasteiger partial charge in [-0.05, 0) is 18.8 Å². The molecule has 0 radical (unpaired) electrons. The predicted octanol–water partition coefficient (Wildman–Crippen LogP) is 2.02. The molecular weight excluding hydrogens is 186 g/mol. The highest BCUT2D eigenvalue weighted by Crippen LogP contribution is 2.44. The van der Waals surface area contributed by atoms with E-state index in [0.29, 0.717) is 11.4 Å². The Bertz CT molecular complexity index is 161. The van der Waals surface area contributed by atoms with E-state index in [1.165, 1.54) is 0 Å². The zero-order chi connectivity index (χ0) is 9.90. The molecule has 2 atom stereocenters. The smallest absolute Gasteiger partial charge is 0.0590 e. The number of halogens is 1. The van der Waals surface area contributed by atoms with E-state index >= 15 is 0 Å². The van der Waals surface area contributed by atoms with Crippen molar-refractivity contribution in [2.45, 2.75) is 38.6 Å². The van der Waals surface area contributed by atoms with Crippen LogP contribution in [0.15, 0.2) is 0 Å². The molecule has 2 unspecified atom stereocenters. The molecule has 0 aromatic heterocycles. The van der Waals surface area contributed by atoms with Crippen LogP contribution in [0.5, 0.6) is 0 Å². The van der Waals surface area contributed by atoms with Gasteiger partial charge in [0.1, 0.15) is 0 Å². The third-order valence-corrected chi connectivity index (χ3v) is 3.73. The van der Waals surface area contributed by atoms with Crippen molar-refractivity contribution in [1.29, 1.82) is 0 Å². The first-order valence-corrected chi connectivity index (χ1v) is 5.48. The molecule has 1 rings (SSSR count). The van der Waals surface area contributed by atoms with Gasteiger partial charge in [-0.25, -0.2) is 0 Å². The van der Waals surface area contributed by atoms with Gasteiger partial charge in [0.15, 0.2) is 0 Å². The monoisotopic (exact) mass is 205 g/mol. The van der Waals surface area contributed by atoms with Crippen LogP contribution in [-0.2, 0) is 4.74 Å². The van der Waals surface area contributed by atoms with Crippen molar-refractivity contribution in [3.8, 4) is 0 Å². The van der Waals surface area contributed by atoms with E-state index in [1.54, 1.807) is 0 Å². The first-order valence-electron chi connectivity index (χ1n) is 5.04. The summed E-state index contributed by atoms with van der Waals surface area (Å²) in [5, 5.41) is 3.80. The van der Waals surface area contributed by atoms with E-state index in [2.05, 4.69) is 19.2 Å². The van der Waals surface area contributed by atoms with Crippen molar-refractivity contribution in [2.24, 2.45) is 5.41 Å². The molecule has 0 aromatic rings. The van der Waals surface area contributed by atoms with Crippen LogP contribution < -0.4 is 5.32 Å². The van der Waals surface area contributed by atoms with Gasteiger partial charge < -0.3 is 10.1 Å². The maximum atomic E-state index is 6.10. The number of ether oxygens (including phenoxy) is 1. The largest absolute Gasteiger partial charge is 0.380 e. The van der Waals surface area contributed by atoms with Gasteiger partial charge in [0.25, 0.3) is 0 Å². The summed E-state index contributed by atoms with van der Waals surface area (Å²) in [7, 11) is 0. The summed E-state index contributed by atoms with van der Waals surface area (Å²) in [5.74, 6) is 0. The number of hydrogen-bond acceptors (Lipinski definition) is 2. The van der Waals surface area contributed by atoms with Gasteiger partial charge in [-0.2, -0.15) is 0 Å². The Morgan fingerprint density at radius 3 is 2.69 bits per heavy atom. The first-order chi connectivity index (χ1) is 6.09. The predicted molar refractivity (Wildman–Crippen MR) is 56.3 cm³/mol. The zero-order valence-corrected chi connectivity index (χ0v) is 9.53. The molecule has 1 aliphatic rings. The molecule has 0 bridgehead atoms. The molecular formula is C10H20ClNO. The lowest BCUT2D eigenvalue weighted by molar-refractivity contribution is 0.0953. The Morgan fingerprint density at radius 1 is 1.54 bits per heavy atom. The maximum Gasteiger partial charge on any atom is 0.0590 e. The number of hydrogen-bond donors (Lipinski definition) is 1. The fourth-order valence-electron chi connectivity index (χ4n) is 1.67. The van der Waals surface area contributed by atoms with Gasteiger partial charge >= 0.3 is 0 Å². The van der Waals surface area contributed by atoms with Crippen molar-refractivity contribution in [1.82, 2.24) is 5.32 Å². The summed E-state index contributed by atoms with van der Waals surface area (Å²) in [6.45, 7) is 8.98. The maximum absolute atomic E-state index is 6.10. The molecule has 1 N–H and O–H groups in total. The summed E-state index contributed by atoms with van der Waals surface area (Å²) in [5.41, 5.74) is 0.244. The second-order valence-corrected chi connectivity index (χ2v) is 4.76. The zero-order valence-electron chi connectivity index (χ0n) is 8.77. The second-order valence-electron chi connectivity index (χ2n) is 4.23. The summed E-state index contributed by atoms with van der Waals surface area (Å²) >= 11 is 6.10. The Kier molecular flexibility index (Phi) is 4.02. The molecule has 1 saturated carbocycles. The SMILES string of the molecule is CCOCCNC1CC(Cl)C1(C)C. The van der Waals surface area contributed by atoms with Crippen LogP contribution in [0.25, 0.3) is 0 Å². The topological polar surface area (TPSA) is 21.3 Å². The van der Waals surface area contributed by atoms with E-state index in [4.69, 9.17) is 16.3 Å². The molecule has 0 amide bonds. The lowest BCUT2D eigenvalue weighted by atomic mass is 9.67. The number of alkyl halides is 1. The van der Waals surface area contributed by atoms with E-state index < -0.39 is 0 Å². The van der Waals surface area contributed by atoms with Gasteiger partial charge in [0.05, 0.1) is 6.61 Å². The van der Waals surface area contributed by atoms with Crippen molar-refractivity contribution in [3.63, 3.8) is 0 Å². The highest BCUT2D eigenvalue weighted by molar-refractivity contribution is 6.21. The van der Waals surface area contributed by atoms with Crippen LogP contribution in [0.1, 0.15) is 27.2 Å². The average molecular weight is 206 g/mol. The summed E-state index contributed by atoms with van der Waals surface area (Å²) in [6.07, 6.45) is 1.08. The third kappa shape index (κ3) is 2.58. The van der Waals surface area contributed by atoms with E-state index in [0.717, 1.165) is 26.2 Å². The van der Waals surface area contributed by atoms with Gasteiger partial charge in [-0.15, -0.1) is 11.6 Å². The first kappa shape index (κ1) is 11.3. The fourth-order valence-corrected chi connectivity index (χ4v) is 2.00. The van der Waals surface area contributed by atoms with Gasteiger partial charge in [0.2, 0.25) is 0 Å². The molecule has 0 spiro atoms. The average Bonchev–Trinajstić information content (AvgIpc) is 2.10. The summed E-state index contributed by atoms with van der Waals surface area (Å²) in [6, 6.07) is 0.565. The molecule has 1 aliphatic carbocycles. The van der Waals surface area contributed by atoms with Crippen LogP contribution in [-0.4, -0.2) is 31.2 Å². The fraction of sp³-hybridized carbons (Fsp3) is 1.00. The molecule has 0 heterocycles. The molecule has 78 valence electrons. The molecule has 3 heteroatoms. The minimum absolute atomic E-state index is 0.244. The quantitative estimate of drug-likeness (QED) is 0.548. The van der Waals surface area contributed by atoms with Crippen molar-refractivity contribution in [2.75, 3.05) is 19.8 Å². The summed E-state index contributed by atoms with van der Waals surface area (Å²) < 4.78 is 5.25. The van der Waals surface area contributed by atoms with Crippen LogP contribution >= 0.6 is 11.6 Å². The number of rotatable bonds is 5. The normalized spacial score (nSPS) is 31.4. The molecule has 0 aromatic carbocycles. The van der Waals surface area contributed by atoms with Crippen molar-refractivity contribution in [3.05, 3.63) is 0 Å². The van der Waals surface area contributed by atoms with Crippen molar-refractivity contribution >= 4 is 11.6 Å². The van der Waals surface area contributed by atoms with Crippen molar-refractivity contribution < 1.29 is 4.74 Å². The van der Waals surface area contributed by atoms with Crippen LogP contribution in [0.4, 0.5) is 0 Å². The number of nitrogens with one attached hydrogen (secondary N) is 1. The molecule has 13 heavy (non-hydrogen) atoms. The van der Waals surface area contributed by atoms with Crippen LogP contribution in [0.3, 0.4) is 0 Å². The van der Waals surface area contributed by atoms with Gasteiger partial charge in [-0.1, -0.05) is 13.8 Å². The van der Waals surface area contributed by atoms with Gasteiger partial charge in [0, 0.05) is 24.6 Å². The Labute approximate surface area is 86.0 Å². The van der Waals surface area contributed by atoms with E-state index in [9.17, 15) is 0 Å². The van der Waals surface area contributed by atoms with E-state index in [1.807, 2.05) is 6.92 Å². The van der Waals surface area contributed by atoms with E-state index in [-0.39, 0.29) is 5.41 Å². The molecule has 0 aliphatic heterocycles.